The van der Waals surface area contributed by atoms with Gasteiger partial charge in [0.05, 0.1) is 0 Å². The summed E-state index contributed by atoms with van der Waals surface area (Å²) in [4.78, 5) is 12.1. The molecule has 0 fully saturated rings. The molecule has 2 aromatic rings. The highest BCUT2D eigenvalue weighted by molar-refractivity contribution is 9.08. The molecule has 0 unspecified atom stereocenters. The Bertz CT molecular complexity index is 612. The van der Waals surface area contributed by atoms with E-state index in [1.165, 1.54) is 0 Å². The van der Waals surface area contributed by atoms with Crippen LogP contribution in [-0.2, 0) is 5.33 Å². The number of phenols is 1. The molecule has 0 heterocycles. The van der Waals surface area contributed by atoms with Crippen LogP contribution in [0.3, 0.4) is 0 Å². The highest BCUT2D eigenvalue weighted by atomic mass is 79.9. The van der Waals surface area contributed by atoms with Crippen molar-refractivity contribution in [2.24, 2.45) is 0 Å². The number of alkyl halides is 1. The Balaban J connectivity index is 2.18. The third kappa shape index (κ3) is 3.20. The van der Waals surface area contributed by atoms with Crippen LogP contribution in [0, 0.1) is 13.8 Å². The van der Waals surface area contributed by atoms with Gasteiger partial charge in [-0.05, 0) is 54.8 Å². The third-order valence-electron chi connectivity index (χ3n) is 3.12. The van der Waals surface area contributed by atoms with Crippen LogP contribution >= 0.6 is 15.9 Å². The molecule has 20 heavy (non-hydrogen) atoms. The van der Waals surface area contributed by atoms with Crippen LogP contribution in [0.2, 0.25) is 0 Å². The van der Waals surface area contributed by atoms with E-state index in [1.807, 2.05) is 26.0 Å². The molecule has 0 atom stereocenters. The molecule has 2 aromatic carbocycles. The van der Waals surface area contributed by atoms with Gasteiger partial charge in [-0.15, -0.1) is 0 Å². The lowest BCUT2D eigenvalue weighted by molar-refractivity contribution is 0.102. The van der Waals surface area contributed by atoms with Crippen LogP contribution in [0.4, 0.5) is 5.69 Å². The van der Waals surface area contributed by atoms with Gasteiger partial charge in [0.15, 0.2) is 0 Å². The molecule has 0 aliphatic heterocycles. The zero-order valence-corrected chi connectivity index (χ0v) is 13.0. The van der Waals surface area contributed by atoms with Crippen molar-refractivity contribution in [3.05, 3.63) is 58.7 Å². The molecule has 0 radical (unpaired) electrons. The fraction of sp³-hybridized carbons (Fsp3) is 0.188. The summed E-state index contributed by atoms with van der Waals surface area (Å²) in [6.45, 7) is 3.62. The van der Waals surface area contributed by atoms with Gasteiger partial charge < -0.3 is 10.4 Å². The molecule has 0 saturated heterocycles. The Labute approximate surface area is 126 Å². The van der Waals surface area contributed by atoms with Crippen LogP contribution in [0.25, 0.3) is 0 Å². The Morgan fingerprint density at radius 2 is 1.70 bits per heavy atom. The minimum absolute atomic E-state index is 0.157. The van der Waals surface area contributed by atoms with Crippen LogP contribution < -0.4 is 5.32 Å². The molecule has 104 valence electrons. The van der Waals surface area contributed by atoms with Crippen molar-refractivity contribution in [1.29, 1.82) is 0 Å². The van der Waals surface area contributed by atoms with Crippen LogP contribution in [0.1, 0.15) is 27.0 Å². The van der Waals surface area contributed by atoms with Gasteiger partial charge in [0.25, 0.3) is 5.91 Å². The van der Waals surface area contributed by atoms with E-state index in [4.69, 9.17) is 0 Å². The molecular weight excluding hydrogens is 318 g/mol. The number of rotatable bonds is 3. The van der Waals surface area contributed by atoms with Gasteiger partial charge in [0.1, 0.15) is 5.75 Å². The second-order valence-electron chi connectivity index (χ2n) is 4.74. The summed E-state index contributed by atoms with van der Waals surface area (Å²) in [5, 5.41) is 13.3. The quantitative estimate of drug-likeness (QED) is 0.654. The van der Waals surface area contributed by atoms with Crippen molar-refractivity contribution in [2.45, 2.75) is 19.2 Å². The second kappa shape index (κ2) is 6.09. The highest BCUT2D eigenvalue weighted by Gasteiger charge is 2.08. The predicted octanol–water partition coefficient (Wildman–Crippen LogP) is 4.16. The van der Waals surface area contributed by atoms with Gasteiger partial charge in [-0.25, -0.2) is 0 Å². The smallest absolute Gasteiger partial charge is 0.255 e. The Morgan fingerprint density at radius 3 is 2.20 bits per heavy atom. The van der Waals surface area contributed by atoms with E-state index in [0.717, 1.165) is 22.0 Å². The summed E-state index contributed by atoms with van der Waals surface area (Å²) in [6, 6.07) is 10.9. The number of hydrogen-bond acceptors (Lipinski definition) is 2. The monoisotopic (exact) mass is 333 g/mol. The summed E-state index contributed by atoms with van der Waals surface area (Å²) in [5.74, 6) is 0.111. The molecular formula is C16H16BrNO2. The van der Waals surface area contributed by atoms with E-state index in [9.17, 15) is 9.90 Å². The zero-order chi connectivity index (χ0) is 14.7. The highest BCUT2D eigenvalue weighted by Crippen LogP contribution is 2.25. The molecule has 0 aromatic heterocycles. The molecule has 0 aliphatic rings. The van der Waals surface area contributed by atoms with Crippen molar-refractivity contribution >= 4 is 27.5 Å². The van der Waals surface area contributed by atoms with Gasteiger partial charge in [-0.2, -0.15) is 0 Å². The number of halogens is 1. The number of carbonyl (C=O) groups is 1. The normalized spacial score (nSPS) is 10.3. The van der Waals surface area contributed by atoms with Gasteiger partial charge >= 0.3 is 0 Å². The van der Waals surface area contributed by atoms with Crippen molar-refractivity contribution in [3.8, 4) is 5.75 Å². The molecule has 3 nitrogen and oxygen atoms in total. The number of carbonyl (C=O) groups excluding carboxylic acids is 1. The summed E-state index contributed by atoms with van der Waals surface area (Å²) in [5.41, 5.74) is 3.91. The summed E-state index contributed by atoms with van der Waals surface area (Å²) < 4.78 is 0. The maximum absolute atomic E-state index is 12.1. The SMILES string of the molecule is Cc1cc(NC(=O)c2ccc(CBr)cc2)cc(C)c1O. The molecule has 0 aliphatic carbocycles. The van der Waals surface area contributed by atoms with Crippen molar-refractivity contribution in [1.82, 2.24) is 0 Å². The van der Waals surface area contributed by atoms with Crippen molar-refractivity contribution in [2.75, 3.05) is 5.32 Å². The van der Waals surface area contributed by atoms with Gasteiger partial charge in [0.2, 0.25) is 0 Å². The molecule has 0 spiro atoms. The molecule has 2 N–H and O–H groups in total. The average molecular weight is 334 g/mol. The maximum Gasteiger partial charge on any atom is 0.255 e. The third-order valence-corrected chi connectivity index (χ3v) is 3.77. The van der Waals surface area contributed by atoms with Gasteiger partial charge in [-0.3, -0.25) is 4.79 Å². The molecule has 0 bridgehead atoms. The fourth-order valence-corrected chi connectivity index (χ4v) is 2.35. The molecule has 4 heteroatoms. The van der Waals surface area contributed by atoms with E-state index >= 15 is 0 Å². The summed E-state index contributed by atoms with van der Waals surface area (Å²) in [6.07, 6.45) is 0. The first kappa shape index (κ1) is 14.6. The summed E-state index contributed by atoms with van der Waals surface area (Å²) >= 11 is 3.37. The fourth-order valence-electron chi connectivity index (χ4n) is 1.98. The Hall–Kier alpha value is -1.81. The van der Waals surface area contributed by atoms with E-state index in [0.29, 0.717) is 11.3 Å². The largest absolute Gasteiger partial charge is 0.507 e. The van der Waals surface area contributed by atoms with E-state index in [1.54, 1.807) is 24.3 Å². The topological polar surface area (TPSA) is 49.3 Å². The van der Waals surface area contributed by atoms with E-state index in [2.05, 4.69) is 21.2 Å². The van der Waals surface area contributed by atoms with Gasteiger partial charge in [0, 0.05) is 16.6 Å². The predicted molar refractivity (Wildman–Crippen MR) is 84.6 cm³/mol. The van der Waals surface area contributed by atoms with Crippen LogP contribution in [-0.4, -0.2) is 11.0 Å². The Morgan fingerprint density at radius 1 is 1.15 bits per heavy atom. The van der Waals surface area contributed by atoms with Crippen LogP contribution in [0.15, 0.2) is 36.4 Å². The van der Waals surface area contributed by atoms with Crippen molar-refractivity contribution < 1.29 is 9.90 Å². The lowest BCUT2D eigenvalue weighted by Crippen LogP contribution is -2.12. The molecule has 2 rings (SSSR count). The number of aromatic hydroxyl groups is 1. The standard InChI is InChI=1S/C16H16BrNO2/c1-10-7-14(8-11(2)15(10)19)18-16(20)13-5-3-12(9-17)4-6-13/h3-8,19H,9H2,1-2H3,(H,18,20). The van der Waals surface area contributed by atoms with Gasteiger partial charge in [-0.1, -0.05) is 28.1 Å². The lowest BCUT2D eigenvalue weighted by Gasteiger charge is -2.10. The number of amides is 1. The first-order chi connectivity index (χ1) is 9.51. The average Bonchev–Trinajstić information content (AvgIpc) is 2.44. The maximum atomic E-state index is 12.1. The zero-order valence-electron chi connectivity index (χ0n) is 11.4. The van der Waals surface area contributed by atoms with Crippen molar-refractivity contribution in [3.63, 3.8) is 0 Å². The van der Waals surface area contributed by atoms with Crippen LogP contribution in [0.5, 0.6) is 5.75 Å². The minimum Gasteiger partial charge on any atom is -0.507 e. The summed E-state index contributed by atoms with van der Waals surface area (Å²) in [7, 11) is 0. The minimum atomic E-state index is -0.157. The number of anilines is 1. The number of benzene rings is 2. The van der Waals surface area contributed by atoms with E-state index < -0.39 is 0 Å². The lowest BCUT2D eigenvalue weighted by atomic mass is 10.1. The number of hydrogen-bond donors (Lipinski definition) is 2. The number of nitrogens with one attached hydrogen (secondary N) is 1. The second-order valence-corrected chi connectivity index (χ2v) is 5.30. The molecule has 1 amide bonds. The molecule has 0 saturated carbocycles. The Kier molecular flexibility index (Phi) is 4.45. The first-order valence-electron chi connectivity index (χ1n) is 6.27. The number of aryl methyl sites for hydroxylation is 2. The van der Waals surface area contributed by atoms with E-state index in [-0.39, 0.29) is 11.7 Å². The first-order valence-corrected chi connectivity index (χ1v) is 7.40. The number of phenolic OH excluding ortho intramolecular Hbond substituents is 1.